The second kappa shape index (κ2) is 6.24. The number of halogens is 2. The quantitative estimate of drug-likeness (QED) is 0.832. The van der Waals surface area contributed by atoms with E-state index in [1.54, 1.807) is 6.92 Å². The summed E-state index contributed by atoms with van der Waals surface area (Å²) in [5.74, 6) is 0. The van der Waals surface area contributed by atoms with Crippen molar-refractivity contribution in [3.63, 3.8) is 0 Å². The summed E-state index contributed by atoms with van der Waals surface area (Å²) in [6, 6.07) is 3.78. The van der Waals surface area contributed by atoms with Crippen LogP contribution in [-0.2, 0) is 14.8 Å². The topological polar surface area (TPSA) is 84.5 Å². The fraction of sp³-hybridized carbons (Fsp3) is 0.222. The van der Waals surface area contributed by atoms with Crippen molar-refractivity contribution in [1.82, 2.24) is 10.3 Å². The lowest BCUT2D eigenvalue weighted by Gasteiger charge is -2.08. The van der Waals surface area contributed by atoms with Crippen LogP contribution in [0.15, 0.2) is 23.1 Å². The standard InChI is InChI=1S/C9H10Cl2N2O4S/c1-2-17-9(14)12-13-18(15,16)8-4-6(10)3-7(11)5-8/h3-5,13H,2H2,1H3,(H,12,14). The van der Waals surface area contributed by atoms with Crippen LogP contribution >= 0.6 is 23.2 Å². The predicted octanol–water partition coefficient (Wildman–Crippen LogP) is 1.93. The van der Waals surface area contributed by atoms with Crippen LogP contribution in [0, 0.1) is 0 Å². The fourth-order valence-electron chi connectivity index (χ4n) is 1.02. The molecule has 0 aliphatic heterocycles. The highest BCUT2D eigenvalue weighted by Gasteiger charge is 2.16. The van der Waals surface area contributed by atoms with E-state index in [0.29, 0.717) is 0 Å². The number of amides is 1. The first-order valence-electron chi connectivity index (χ1n) is 4.76. The Morgan fingerprint density at radius 3 is 2.33 bits per heavy atom. The lowest BCUT2D eigenvalue weighted by Crippen LogP contribution is -2.41. The molecular formula is C9H10Cl2N2O4S. The number of hydrogen-bond donors (Lipinski definition) is 2. The molecule has 6 nitrogen and oxygen atoms in total. The molecule has 0 atom stereocenters. The normalized spacial score (nSPS) is 11.1. The molecule has 1 rings (SSSR count). The molecule has 0 aliphatic carbocycles. The van der Waals surface area contributed by atoms with Crippen LogP contribution in [0.4, 0.5) is 4.79 Å². The Kier molecular flexibility index (Phi) is 5.21. The molecule has 0 radical (unpaired) electrons. The molecule has 18 heavy (non-hydrogen) atoms. The lowest BCUT2D eigenvalue weighted by atomic mass is 10.4. The van der Waals surface area contributed by atoms with Gasteiger partial charge in [0.2, 0.25) is 0 Å². The van der Waals surface area contributed by atoms with Crippen LogP contribution in [0.25, 0.3) is 0 Å². The molecule has 0 aromatic heterocycles. The van der Waals surface area contributed by atoms with Gasteiger partial charge in [-0.05, 0) is 25.1 Å². The van der Waals surface area contributed by atoms with Gasteiger partial charge in [-0.15, -0.1) is 4.83 Å². The molecule has 100 valence electrons. The monoisotopic (exact) mass is 312 g/mol. The Balaban J connectivity index is 2.83. The van der Waals surface area contributed by atoms with Gasteiger partial charge in [0.15, 0.2) is 0 Å². The molecule has 0 saturated heterocycles. The van der Waals surface area contributed by atoms with E-state index in [-0.39, 0.29) is 21.5 Å². The van der Waals surface area contributed by atoms with Gasteiger partial charge < -0.3 is 4.74 Å². The summed E-state index contributed by atoms with van der Waals surface area (Å²) in [4.78, 5) is 12.6. The third kappa shape index (κ3) is 4.34. The first kappa shape index (κ1) is 15.0. The Morgan fingerprint density at radius 2 is 1.83 bits per heavy atom. The van der Waals surface area contributed by atoms with Crippen LogP contribution in [0.3, 0.4) is 0 Å². The fourth-order valence-corrected chi connectivity index (χ4v) is 2.57. The highest BCUT2D eigenvalue weighted by atomic mass is 35.5. The van der Waals surface area contributed by atoms with E-state index in [1.165, 1.54) is 18.2 Å². The van der Waals surface area contributed by atoms with Gasteiger partial charge in [0.05, 0.1) is 11.5 Å². The molecule has 2 N–H and O–H groups in total. The summed E-state index contributed by atoms with van der Waals surface area (Å²) in [5.41, 5.74) is 1.88. The summed E-state index contributed by atoms with van der Waals surface area (Å²) in [6.45, 7) is 1.71. The summed E-state index contributed by atoms with van der Waals surface area (Å²) in [5, 5.41) is 0.331. The minimum Gasteiger partial charge on any atom is -0.449 e. The van der Waals surface area contributed by atoms with Crippen molar-refractivity contribution in [2.45, 2.75) is 11.8 Å². The predicted molar refractivity (Wildman–Crippen MR) is 66.9 cm³/mol. The van der Waals surface area contributed by atoms with Gasteiger partial charge in [0.1, 0.15) is 0 Å². The van der Waals surface area contributed by atoms with Gasteiger partial charge in [-0.1, -0.05) is 23.2 Å². The molecule has 1 aromatic carbocycles. The number of rotatable bonds is 4. The van der Waals surface area contributed by atoms with Crippen LogP contribution in [0.5, 0.6) is 0 Å². The van der Waals surface area contributed by atoms with Crippen molar-refractivity contribution < 1.29 is 17.9 Å². The summed E-state index contributed by atoms with van der Waals surface area (Å²) >= 11 is 11.4. The molecule has 0 unspecified atom stereocenters. The zero-order valence-corrected chi connectivity index (χ0v) is 11.6. The maximum atomic E-state index is 11.7. The molecule has 0 saturated carbocycles. The van der Waals surface area contributed by atoms with E-state index in [2.05, 4.69) is 4.74 Å². The summed E-state index contributed by atoms with van der Waals surface area (Å²) in [6.07, 6.45) is -0.908. The molecule has 0 spiro atoms. The maximum absolute atomic E-state index is 11.7. The summed E-state index contributed by atoms with van der Waals surface area (Å²) < 4.78 is 28.0. The molecule has 9 heteroatoms. The third-order valence-corrected chi connectivity index (χ3v) is 3.37. The van der Waals surface area contributed by atoms with E-state index in [1.807, 2.05) is 10.3 Å². The van der Waals surface area contributed by atoms with Gasteiger partial charge in [-0.2, -0.15) is 0 Å². The molecule has 1 amide bonds. The molecule has 0 aliphatic rings. The zero-order valence-electron chi connectivity index (χ0n) is 9.24. The number of nitrogens with one attached hydrogen (secondary N) is 2. The zero-order chi connectivity index (χ0) is 13.8. The van der Waals surface area contributed by atoms with Crippen molar-refractivity contribution in [3.05, 3.63) is 28.2 Å². The Bertz CT molecular complexity index is 527. The van der Waals surface area contributed by atoms with Crippen molar-refractivity contribution in [3.8, 4) is 0 Å². The third-order valence-electron chi connectivity index (χ3n) is 1.71. The number of sulfonamides is 1. The number of hydrazine groups is 1. The van der Waals surface area contributed by atoms with E-state index in [9.17, 15) is 13.2 Å². The minimum atomic E-state index is -3.95. The number of ether oxygens (including phenoxy) is 1. The Labute approximate surface area is 114 Å². The van der Waals surface area contributed by atoms with Gasteiger partial charge in [-0.3, -0.25) is 0 Å². The molecule has 0 fully saturated rings. The minimum absolute atomic E-state index is 0.122. The number of hydrogen-bond acceptors (Lipinski definition) is 4. The largest absolute Gasteiger partial charge is 0.449 e. The first-order valence-corrected chi connectivity index (χ1v) is 6.99. The second-order valence-electron chi connectivity index (χ2n) is 3.06. The Morgan fingerprint density at radius 1 is 1.28 bits per heavy atom. The smallest absolute Gasteiger partial charge is 0.422 e. The second-order valence-corrected chi connectivity index (χ2v) is 5.61. The molecule has 0 heterocycles. The Hall–Kier alpha value is -1.02. The average molecular weight is 313 g/mol. The van der Waals surface area contributed by atoms with Crippen LogP contribution in [-0.4, -0.2) is 21.1 Å². The van der Waals surface area contributed by atoms with Gasteiger partial charge in [-0.25, -0.2) is 18.6 Å². The summed E-state index contributed by atoms with van der Waals surface area (Å²) in [7, 11) is -3.95. The molecule has 1 aromatic rings. The van der Waals surface area contributed by atoms with Crippen molar-refractivity contribution in [1.29, 1.82) is 0 Å². The van der Waals surface area contributed by atoms with Gasteiger partial charge >= 0.3 is 6.09 Å². The number of carbonyl (C=O) groups is 1. The van der Waals surface area contributed by atoms with Crippen molar-refractivity contribution in [2.24, 2.45) is 0 Å². The highest BCUT2D eigenvalue weighted by Crippen LogP contribution is 2.21. The highest BCUT2D eigenvalue weighted by molar-refractivity contribution is 7.89. The number of carbonyl (C=O) groups excluding carboxylic acids is 1. The SMILES string of the molecule is CCOC(=O)NNS(=O)(=O)c1cc(Cl)cc(Cl)c1. The van der Waals surface area contributed by atoms with Crippen molar-refractivity contribution >= 4 is 39.3 Å². The van der Waals surface area contributed by atoms with E-state index in [4.69, 9.17) is 23.2 Å². The van der Waals surface area contributed by atoms with E-state index >= 15 is 0 Å². The first-order chi connectivity index (χ1) is 8.35. The van der Waals surface area contributed by atoms with E-state index < -0.39 is 16.1 Å². The van der Waals surface area contributed by atoms with Gasteiger partial charge in [0, 0.05) is 10.0 Å². The van der Waals surface area contributed by atoms with Crippen LogP contribution in [0.1, 0.15) is 6.92 Å². The van der Waals surface area contributed by atoms with E-state index in [0.717, 1.165) is 0 Å². The van der Waals surface area contributed by atoms with Crippen LogP contribution < -0.4 is 10.3 Å². The number of benzene rings is 1. The average Bonchev–Trinajstić information content (AvgIpc) is 2.26. The molecule has 0 bridgehead atoms. The lowest BCUT2D eigenvalue weighted by molar-refractivity contribution is 0.150. The van der Waals surface area contributed by atoms with Crippen LogP contribution in [0.2, 0.25) is 10.0 Å². The van der Waals surface area contributed by atoms with Gasteiger partial charge in [0.25, 0.3) is 10.0 Å². The molecular weight excluding hydrogens is 303 g/mol. The van der Waals surface area contributed by atoms with Crippen molar-refractivity contribution in [2.75, 3.05) is 6.61 Å². The maximum Gasteiger partial charge on any atom is 0.422 e.